The van der Waals surface area contributed by atoms with Crippen LogP contribution in [-0.2, 0) is 11.2 Å². The highest BCUT2D eigenvalue weighted by atomic mass is 35.5. The molecule has 132 valence electrons. The number of nitrogens with one attached hydrogen (secondary N) is 2. The van der Waals surface area contributed by atoms with Gasteiger partial charge in [-0.15, -0.1) is 17.5 Å². The first-order valence-electron chi connectivity index (χ1n) is 8.47. The Balaban J connectivity index is 0.00000208. The van der Waals surface area contributed by atoms with Gasteiger partial charge in [-0.2, -0.15) is 4.98 Å². The summed E-state index contributed by atoms with van der Waals surface area (Å²) in [5.74, 6) is 0.965. The number of carbonyl (C=O) groups excluding carboxylic acids is 1. The average molecular weight is 353 g/mol. The number of fused-ring (bicyclic) bond motifs is 1. The molecule has 1 aliphatic carbocycles. The molecule has 0 bridgehead atoms. The van der Waals surface area contributed by atoms with Gasteiger partial charge in [-0.3, -0.25) is 4.79 Å². The van der Waals surface area contributed by atoms with Gasteiger partial charge in [0.15, 0.2) is 5.82 Å². The number of nitrogens with zero attached hydrogens (tertiary/aromatic N) is 4. The third-order valence-corrected chi connectivity index (χ3v) is 4.21. The fraction of sp³-hybridized carbons (Fsp3) is 0.625. The molecule has 0 saturated heterocycles. The van der Waals surface area contributed by atoms with Crippen LogP contribution in [0.25, 0.3) is 5.78 Å². The fourth-order valence-electron chi connectivity index (χ4n) is 3.02. The number of hydrogen-bond acceptors (Lipinski definition) is 5. The van der Waals surface area contributed by atoms with Crippen molar-refractivity contribution in [3.05, 3.63) is 24.3 Å². The van der Waals surface area contributed by atoms with Crippen molar-refractivity contribution >= 4 is 24.1 Å². The van der Waals surface area contributed by atoms with Gasteiger partial charge >= 0.3 is 0 Å². The lowest BCUT2D eigenvalue weighted by Gasteiger charge is -2.16. The van der Waals surface area contributed by atoms with Gasteiger partial charge in [0.05, 0.1) is 6.42 Å². The van der Waals surface area contributed by atoms with Crippen molar-refractivity contribution in [1.82, 2.24) is 30.2 Å². The maximum Gasteiger partial charge on any atom is 0.252 e. The Kier molecular flexibility index (Phi) is 7.39. The first-order chi connectivity index (χ1) is 11.3. The molecular formula is C16H25ClN6O. The molecule has 0 unspecified atom stereocenters. The summed E-state index contributed by atoms with van der Waals surface area (Å²) in [5.41, 5.74) is 0. The van der Waals surface area contributed by atoms with Crippen LogP contribution in [0.5, 0.6) is 0 Å². The summed E-state index contributed by atoms with van der Waals surface area (Å²) in [6, 6.07) is 2.39. The predicted octanol–water partition coefficient (Wildman–Crippen LogP) is 1.52. The first kappa shape index (κ1) is 18.6. The quantitative estimate of drug-likeness (QED) is 0.608. The number of rotatable bonds is 6. The molecule has 2 N–H and O–H groups in total. The third-order valence-electron chi connectivity index (χ3n) is 4.21. The lowest BCUT2D eigenvalue weighted by atomic mass is 10.1. The zero-order valence-corrected chi connectivity index (χ0v) is 14.6. The predicted molar refractivity (Wildman–Crippen MR) is 94.2 cm³/mol. The standard InChI is InChI=1S/C16H24N6O.ClH/c23-15(12-14-20-16-19-8-5-11-22(16)21-14)18-10-9-17-13-6-3-1-2-4-7-13;/h5,8,11,13,17H,1-4,6-7,9-10,12H2,(H,18,23);1H. The Labute approximate surface area is 148 Å². The summed E-state index contributed by atoms with van der Waals surface area (Å²) in [7, 11) is 0. The molecular weight excluding hydrogens is 328 g/mol. The molecule has 8 heteroatoms. The van der Waals surface area contributed by atoms with E-state index in [2.05, 4.69) is 25.7 Å². The highest BCUT2D eigenvalue weighted by molar-refractivity contribution is 5.85. The van der Waals surface area contributed by atoms with Crippen LogP contribution in [0.2, 0.25) is 0 Å². The molecule has 1 amide bonds. The van der Waals surface area contributed by atoms with Crippen LogP contribution < -0.4 is 10.6 Å². The lowest BCUT2D eigenvalue weighted by Crippen LogP contribution is -2.37. The van der Waals surface area contributed by atoms with Gasteiger partial charge in [-0.25, -0.2) is 9.50 Å². The van der Waals surface area contributed by atoms with Gasteiger partial charge < -0.3 is 10.6 Å². The van der Waals surface area contributed by atoms with Crippen LogP contribution in [0.4, 0.5) is 0 Å². The molecule has 1 saturated carbocycles. The smallest absolute Gasteiger partial charge is 0.252 e. The number of amides is 1. The van der Waals surface area contributed by atoms with Crippen LogP contribution in [0.15, 0.2) is 18.5 Å². The first-order valence-corrected chi connectivity index (χ1v) is 8.47. The molecule has 0 aromatic carbocycles. The minimum atomic E-state index is -0.0522. The molecule has 7 nitrogen and oxygen atoms in total. The van der Waals surface area contributed by atoms with E-state index in [-0.39, 0.29) is 24.7 Å². The van der Waals surface area contributed by atoms with E-state index in [0.717, 1.165) is 6.54 Å². The maximum atomic E-state index is 11.9. The van der Waals surface area contributed by atoms with Crippen molar-refractivity contribution in [2.75, 3.05) is 13.1 Å². The van der Waals surface area contributed by atoms with E-state index >= 15 is 0 Å². The molecule has 0 atom stereocenters. The SMILES string of the molecule is Cl.O=C(Cc1nc2ncccn2n1)NCCNC1CCCCCC1. The van der Waals surface area contributed by atoms with E-state index in [4.69, 9.17) is 0 Å². The molecule has 2 aromatic rings. The molecule has 0 aliphatic heterocycles. The fourth-order valence-corrected chi connectivity index (χ4v) is 3.02. The Morgan fingerprint density at radius 1 is 1.21 bits per heavy atom. The summed E-state index contributed by atoms with van der Waals surface area (Å²) < 4.78 is 1.58. The Bertz CT molecular complexity index is 605. The number of halogens is 1. The van der Waals surface area contributed by atoms with Crippen molar-refractivity contribution in [2.24, 2.45) is 0 Å². The summed E-state index contributed by atoms with van der Waals surface area (Å²) in [6.45, 7) is 1.46. The topological polar surface area (TPSA) is 84.2 Å². The molecule has 1 fully saturated rings. The van der Waals surface area contributed by atoms with E-state index < -0.39 is 0 Å². The van der Waals surface area contributed by atoms with Crippen LogP contribution in [0.1, 0.15) is 44.3 Å². The van der Waals surface area contributed by atoms with Crippen molar-refractivity contribution in [3.8, 4) is 0 Å². The average Bonchev–Trinajstić information content (AvgIpc) is 2.77. The molecule has 2 heterocycles. The second-order valence-electron chi connectivity index (χ2n) is 6.06. The van der Waals surface area contributed by atoms with Gasteiger partial charge in [-0.1, -0.05) is 25.7 Å². The number of aromatic nitrogens is 4. The Morgan fingerprint density at radius 3 is 2.75 bits per heavy atom. The second-order valence-corrected chi connectivity index (χ2v) is 6.06. The third kappa shape index (κ3) is 5.42. The summed E-state index contributed by atoms with van der Waals surface area (Å²) in [5, 5.41) is 10.7. The van der Waals surface area contributed by atoms with Crippen molar-refractivity contribution < 1.29 is 4.79 Å². The molecule has 1 aliphatic rings. The van der Waals surface area contributed by atoms with Gasteiger partial charge in [0, 0.05) is 31.5 Å². The van der Waals surface area contributed by atoms with Crippen molar-refractivity contribution in [3.63, 3.8) is 0 Å². The molecule has 2 aromatic heterocycles. The molecule has 0 spiro atoms. The van der Waals surface area contributed by atoms with Crippen molar-refractivity contribution in [2.45, 2.75) is 51.0 Å². The van der Waals surface area contributed by atoms with Crippen LogP contribution >= 0.6 is 12.4 Å². The zero-order valence-electron chi connectivity index (χ0n) is 13.8. The minimum Gasteiger partial charge on any atom is -0.354 e. The van der Waals surface area contributed by atoms with Crippen molar-refractivity contribution in [1.29, 1.82) is 0 Å². The largest absolute Gasteiger partial charge is 0.354 e. The monoisotopic (exact) mass is 352 g/mol. The Morgan fingerprint density at radius 2 is 2.00 bits per heavy atom. The van der Waals surface area contributed by atoms with E-state index in [0.29, 0.717) is 24.2 Å². The van der Waals surface area contributed by atoms with Gasteiger partial charge in [-0.05, 0) is 18.9 Å². The van der Waals surface area contributed by atoms with E-state index in [1.165, 1.54) is 38.5 Å². The van der Waals surface area contributed by atoms with Crippen LogP contribution in [0.3, 0.4) is 0 Å². The van der Waals surface area contributed by atoms with E-state index in [1.54, 1.807) is 23.0 Å². The number of hydrogen-bond donors (Lipinski definition) is 2. The van der Waals surface area contributed by atoms with E-state index in [1.807, 2.05) is 0 Å². The summed E-state index contributed by atoms with van der Waals surface area (Å²) in [6.07, 6.45) is 11.5. The lowest BCUT2D eigenvalue weighted by molar-refractivity contribution is -0.120. The molecule has 3 rings (SSSR count). The Hall–Kier alpha value is -1.73. The minimum absolute atomic E-state index is 0. The molecule has 0 radical (unpaired) electrons. The van der Waals surface area contributed by atoms with Gasteiger partial charge in [0.2, 0.25) is 5.91 Å². The molecule has 24 heavy (non-hydrogen) atoms. The zero-order chi connectivity index (χ0) is 15.9. The maximum absolute atomic E-state index is 11.9. The highest BCUT2D eigenvalue weighted by Crippen LogP contribution is 2.16. The summed E-state index contributed by atoms with van der Waals surface area (Å²) >= 11 is 0. The van der Waals surface area contributed by atoms with Crippen LogP contribution in [-0.4, -0.2) is 44.6 Å². The normalized spacial score (nSPS) is 15.7. The van der Waals surface area contributed by atoms with Gasteiger partial charge in [0.1, 0.15) is 0 Å². The summed E-state index contributed by atoms with van der Waals surface area (Å²) in [4.78, 5) is 20.3. The van der Waals surface area contributed by atoms with Crippen LogP contribution in [0, 0.1) is 0 Å². The van der Waals surface area contributed by atoms with E-state index in [9.17, 15) is 4.79 Å². The number of carbonyl (C=O) groups is 1. The highest BCUT2D eigenvalue weighted by Gasteiger charge is 2.12. The van der Waals surface area contributed by atoms with Gasteiger partial charge in [0.25, 0.3) is 5.78 Å². The second kappa shape index (κ2) is 9.54.